The summed E-state index contributed by atoms with van der Waals surface area (Å²) in [6, 6.07) is 8.80. The molecule has 4 nitrogen and oxygen atoms in total. The van der Waals surface area contributed by atoms with Gasteiger partial charge in [0.25, 0.3) is 0 Å². The van der Waals surface area contributed by atoms with Gasteiger partial charge in [-0.3, -0.25) is 0 Å². The van der Waals surface area contributed by atoms with Crippen LogP contribution in [-0.2, 0) is 4.74 Å². The molecule has 2 aromatic rings. The normalized spacial score (nSPS) is 20.3. The van der Waals surface area contributed by atoms with E-state index in [4.69, 9.17) is 9.72 Å². The summed E-state index contributed by atoms with van der Waals surface area (Å²) in [5, 5.41) is 0. The van der Waals surface area contributed by atoms with Gasteiger partial charge < -0.3 is 14.6 Å². The lowest BCUT2D eigenvalue weighted by Gasteiger charge is -2.37. The van der Waals surface area contributed by atoms with E-state index in [0.717, 1.165) is 37.9 Å². The molecule has 1 aromatic heterocycles. The molecule has 1 aliphatic carbocycles. The molecule has 1 aliphatic heterocycles. The Morgan fingerprint density at radius 3 is 2.57 bits per heavy atom. The molecule has 1 saturated heterocycles. The maximum Gasteiger partial charge on any atom is 0.110 e. The molecule has 28 heavy (non-hydrogen) atoms. The van der Waals surface area contributed by atoms with E-state index in [2.05, 4.69) is 61.1 Å². The number of imidazole rings is 1. The minimum absolute atomic E-state index is 0.215. The van der Waals surface area contributed by atoms with Crippen LogP contribution in [0.15, 0.2) is 30.5 Å². The molecule has 1 saturated carbocycles. The Labute approximate surface area is 169 Å². The van der Waals surface area contributed by atoms with Crippen LogP contribution in [0.5, 0.6) is 0 Å². The highest BCUT2D eigenvalue weighted by molar-refractivity contribution is 5.65. The van der Waals surface area contributed by atoms with Gasteiger partial charge in [0, 0.05) is 36.5 Å². The topological polar surface area (TPSA) is 41.2 Å². The number of benzene rings is 1. The average molecular weight is 382 g/mol. The Morgan fingerprint density at radius 1 is 1.11 bits per heavy atom. The zero-order valence-electron chi connectivity index (χ0n) is 17.7. The molecule has 0 radical (unpaired) electrons. The number of aromatic nitrogens is 2. The summed E-state index contributed by atoms with van der Waals surface area (Å²) in [5.41, 5.74) is 3.75. The van der Waals surface area contributed by atoms with Gasteiger partial charge in [0.1, 0.15) is 5.82 Å². The van der Waals surface area contributed by atoms with E-state index in [1.54, 1.807) is 0 Å². The highest BCUT2D eigenvalue weighted by atomic mass is 16.5. The number of nitrogens with one attached hydrogen (secondary N) is 1. The van der Waals surface area contributed by atoms with Crippen LogP contribution in [0.4, 0.5) is 5.69 Å². The van der Waals surface area contributed by atoms with Crippen LogP contribution in [0, 0.1) is 11.3 Å². The number of H-pyrrole nitrogens is 1. The van der Waals surface area contributed by atoms with E-state index in [1.807, 2.05) is 0 Å². The fourth-order valence-electron chi connectivity index (χ4n) is 5.14. The first kappa shape index (κ1) is 19.5. The highest BCUT2D eigenvalue weighted by Gasteiger charge is 2.36. The fourth-order valence-corrected chi connectivity index (χ4v) is 5.14. The Morgan fingerprint density at radius 2 is 1.86 bits per heavy atom. The molecular weight excluding hydrogens is 346 g/mol. The Bertz CT molecular complexity index is 764. The van der Waals surface area contributed by atoms with E-state index >= 15 is 0 Å². The Balaban J connectivity index is 1.59. The molecule has 1 unspecified atom stereocenters. The van der Waals surface area contributed by atoms with Crippen LogP contribution in [0.2, 0.25) is 0 Å². The zero-order chi connectivity index (χ0) is 19.6. The van der Waals surface area contributed by atoms with Crippen molar-refractivity contribution in [2.24, 2.45) is 11.3 Å². The van der Waals surface area contributed by atoms with Gasteiger partial charge in [-0.1, -0.05) is 52.2 Å². The molecule has 0 spiro atoms. The average Bonchev–Trinajstić information content (AvgIpc) is 3.18. The van der Waals surface area contributed by atoms with Gasteiger partial charge >= 0.3 is 0 Å². The molecule has 1 aromatic carbocycles. The third kappa shape index (κ3) is 4.27. The van der Waals surface area contributed by atoms with E-state index in [9.17, 15) is 0 Å². The predicted molar refractivity (Wildman–Crippen MR) is 116 cm³/mol. The van der Waals surface area contributed by atoms with Crippen LogP contribution in [0.1, 0.15) is 64.6 Å². The number of anilines is 1. The molecule has 4 heteroatoms. The second-order valence-corrected chi connectivity index (χ2v) is 9.56. The minimum Gasteiger partial charge on any atom is -0.378 e. The number of hydrogen-bond acceptors (Lipinski definition) is 3. The Hall–Kier alpha value is -1.81. The van der Waals surface area contributed by atoms with Crippen molar-refractivity contribution in [1.29, 1.82) is 0 Å². The summed E-state index contributed by atoms with van der Waals surface area (Å²) in [4.78, 5) is 11.1. The quantitative estimate of drug-likeness (QED) is 0.747. The van der Waals surface area contributed by atoms with Gasteiger partial charge in [-0.15, -0.1) is 0 Å². The molecule has 4 rings (SSSR count). The van der Waals surface area contributed by atoms with Gasteiger partial charge in [0.05, 0.1) is 18.9 Å². The van der Waals surface area contributed by atoms with E-state index in [0.29, 0.717) is 5.92 Å². The zero-order valence-corrected chi connectivity index (χ0v) is 17.7. The maximum atomic E-state index is 5.50. The third-order valence-electron chi connectivity index (χ3n) is 6.46. The smallest absolute Gasteiger partial charge is 0.110 e. The number of rotatable bonds is 4. The van der Waals surface area contributed by atoms with Crippen LogP contribution in [-0.4, -0.2) is 36.3 Å². The van der Waals surface area contributed by atoms with Crippen LogP contribution in [0.25, 0.3) is 11.3 Å². The van der Waals surface area contributed by atoms with E-state index < -0.39 is 0 Å². The largest absolute Gasteiger partial charge is 0.378 e. The molecule has 0 bridgehead atoms. The lowest BCUT2D eigenvalue weighted by Crippen LogP contribution is -2.36. The molecular formula is C24H35N3O. The van der Waals surface area contributed by atoms with Gasteiger partial charge in [0.15, 0.2) is 0 Å². The summed E-state index contributed by atoms with van der Waals surface area (Å²) < 4.78 is 5.50. The molecule has 1 N–H and O–H groups in total. The minimum atomic E-state index is 0.215. The second kappa shape index (κ2) is 8.28. The van der Waals surface area contributed by atoms with Gasteiger partial charge in [-0.2, -0.15) is 0 Å². The van der Waals surface area contributed by atoms with Gasteiger partial charge in [0.2, 0.25) is 0 Å². The van der Waals surface area contributed by atoms with Crippen LogP contribution < -0.4 is 4.90 Å². The first-order valence-corrected chi connectivity index (χ1v) is 11.0. The molecule has 2 fully saturated rings. The van der Waals surface area contributed by atoms with Crippen LogP contribution in [0.3, 0.4) is 0 Å². The first-order chi connectivity index (χ1) is 13.5. The first-order valence-electron chi connectivity index (χ1n) is 11.0. The van der Waals surface area contributed by atoms with Crippen molar-refractivity contribution in [2.45, 2.75) is 58.8 Å². The van der Waals surface area contributed by atoms with E-state index in [-0.39, 0.29) is 5.41 Å². The number of morpholine rings is 1. The fraction of sp³-hybridized carbons (Fsp3) is 0.625. The van der Waals surface area contributed by atoms with Crippen molar-refractivity contribution in [3.8, 4) is 11.3 Å². The number of ether oxygens (including phenoxy) is 1. The standard InChI is InChI=1S/C24H35N3O/c1-24(2,3)22(18-8-5-4-6-9-18)23-25-17-21(26-23)19-10-7-11-20(16-19)27-12-14-28-15-13-27/h7,10-11,16-18,22H,4-6,8-9,12-15H2,1-3H3,(H,25,26). The molecule has 0 amide bonds. The monoisotopic (exact) mass is 381 g/mol. The summed E-state index contributed by atoms with van der Waals surface area (Å²) in [7, 11) is 0. The summed E-state index contributed by atoms with van der Waals surface area (Å²) >= 11 is 0. The summed E-state index contributed by atoms with van der Waals surface area (Å²) in [6.45, 7) is 10.7. The highest BCUT2D eigenvalue weighted by Crippen LogP contribution is 2.45. The summed E-state index contributed by atoms with van der Waals surface area (Å²) in [5.74, 6) is 2.41. The van der Waals surface area contributed by atoms with Gasteiger partial charge in [-0.25, -0.2) is 4.98 Å². The maximum absolute atomic E-state index is 5.50. The number of hydrogen-bond donors (Lipinski definition) is 1. The van der Waals surface area contributed by atoms with Gasteiger partial charge in [-0.05, 0) is 36.3 Å². The molecule has 2 aliphatic rings. The van der Waals surface area contributed by atoms with Crippen molar-refractivity contribution in [3.63, 3.8) is 0 Å². The number of nitrogens with zero attached hydrogens (tertiary/aromatic N) is 2. The lowest BCUT2D eigenvalue weighted by atomic mass is 9.68. The summed E-state index contributed by atoms with van der Waals surface area (Å²) in [6.07, 6.45) is 8.91. The molecule has 152 valence electrons. The SMILES string of the molecule is CC(C)(C)C(c1nc(-c2cccc(N3CCOCC3)c2)c[nH]1)C1CCCCC1. The Kier molecular flexibility index (Phi) is 5.77. The van der Waals surface area contributed by atoms with Crippen molar-refractivity contribution in [2.75, 3.05) is 31.2 Å². The predicted octanol–water partition coefficient (Wildman–Crippen LogP) is 5.62. The van der Waals surface area contributed by atoms with Crippen molar-refractivity contribution in [3.05, 3.63) is 36.3 Å². The third-order valence-corrected chi connectivity index (χ3v) is 6.46. The van der Waals surface area contributed by atoms with Crippen molar-refractivity contribution >= 4 is 5.69 Å². The molecule has 2 heterocycles. The molecule has 1 atom stereocenters. The van der Waals surface area contributed by atoms with Crippen molar-refractivity contribution < 1.29 is 4.74 Å². The van der Waals surface area contributed by atoms with E-state index in [1.165, 1.54) is 49.2 Å². The number of aromatic amines is 1. The van der Waals surface area contributed by atoms with Crippen molar-refractivity contribution in [1.82, 2.24) is 9.97 Å². The lowest BCUT2D eigenvalue weighted by molar-refractivity contribution is 0.122. The van der Waals surface area contributed by atoms with Crippen LogP contribution >= 0.6 is 0 Å². The second-order valence-electron chi connectivity index (χ2n) is 9.56.